The van der Waals surface area contributed by atoms with Crippen LogP contribution in [-0.2, 0) is 11.3 Å². The quantitative estimate of drug-likeness (QED) is 0.418. The third-order valence-electron chi connectivity index (χ3n) is 5.76. The Labute approximate surface area is 210 Å². The van der Waals surface area contributed by atoms with Crippen molar-refractivity contribution in [1.29, 1.82) is 0 Å². The molecule has 4 rings (SSSR count). The molecule has 0 spiro atoms. The van der Waals surface area contributed by atoms with Gasteiger partial charge in [-0.3, -0.25) is 9.59 Å². The summed E-state index contributed by atoms with van der Waals surface area (Å²) in [6.45, 7) is 3.58. The highest BCUT2D eigenvalue weighted by Gasteiger charge is 2.24. The van der Waals surface area contributed by atoms with E-state index in [4.69, 9.17) is 16.3 Å². The molecule has 0 bridgehead atoms. The number of ether oxygens (including phenoxy) is 1. The van der Waals surface area contributed by atoms with Crippen molar-refractivity contribution < 1.29 is 14.3 Å². The minimum Gasteiger partial charge on any atom is -0.449 e. The van der Waals surface area contributed by atoms with Crippen LogP contribution in [0.15, 0.2) is 78.6 Å². The summed E-state index contributed by atoms with van der Waals surface area (Å²) in [4.78, 5) is 27.7. The van der Waals surface area contributed by atoms with Gasteiger partial charge in [0.15, 0.2) is 11.5 Å². The fourth-order valence-electron chi connectivity index (χ4n) is 3.89. The number of likely N-dealkylation sites (N-methyl/N-ethyl adjacent to an activating group) is 1. The molecule has 0 radical (unpaired) electrons. The first-order chi connectivity index (χ1) is 16.9. The molecule has 0 saturated heterocycles. The lowest BCUT2D eigenvalue weighted by Crippen LogP contribution is -2.42. The average Bonchev–Trinajstić information content (AvgIpc) is 2.85. The highest BCUT2D eigenvalue weighted by Crippen LogP contribution is 2.32. The van der Waals surface area contributed by atoms with Crippen LogP contribution in [0, 0.1) is 0 Å². The van der Waals surface area contributed by atoms with Crippen molar-refractivity contribution in [2.24, 2.45) is 0 Å². The first-order valence-electron chi connectivity index (χ1n) is 11.5. The molecule has 2 N–H and O–H groups in total. The maximum absolute atomic E-state index is 12.9. The molecule has 3 aromatic carbocycles. The van der Waals surface area contributed by atoms with Gasteiger partial charge in [-0.2, -0.15) is 0 Å². The first-order valence-corrected chi connectivity index (χ1v) is 11.9. The highest BCUT2D eigenvalue weighted by atomic mass is 35.5. The average molecular weight is 490 g/mol. The number of hydrogen-bond donors (Lipinski definition) is 2. The number of fused-ring (bicyclic) bond motifs is 1. The SMILES string of the molecule is CC[C@H](CN(C)Cc1ccccc1)NC(=O)c1ccc2c(c1)NC(=O)/C(=C\c1ccc(Cl)cc1)O2. The van der Waals surface area contributed by atoms with Crippen LogP contribution >= 0.6 is 11.6 Å². The van der Waals surface area contributed by atoms with E-state index in [9.17, 15) is 9.59 Å². The molecule has 180 valence electrons. The normalized spacial score (nSPS) is 14.7. The second-order valence-electron chi connectivity index (χ2n) is 8.59. The number of nitrogens with one attached hydrogen (secondary N) is 2. The molecule has 0 aromatic heterocycles. The zero-order valence-electron chi connectivity index (χ0n) is 19.8. The number of carbonyl (C=O) groups is 2. The minimum atomic E-state index is -0.376. The van der Waals surface area contributed by atoms with Gasteiger partial charge in [-0.1, -0.05) is 61.0 Å². The summed E-state index contributed by atoms with van der Waals surface area (Å²) in [7, 11) is 2.04. The Hall–Kier alpha value is -3.61. The van der Waals surface area contributed by atoms with Crippen LogP contribution < -0.4 is 15.4 Å². The molecule has 0 unspecified atom stereocenters. The van der Waals surface area contributed by atoms with Crippen molar-refractivity contribution >= 4 is 35.2 Å². The van der Waals surface area contributed by atoms with E-state index in [0.717, 1.165) is 25.1 Å². The smallest absolute Gasteiger partial charge is 0.291 e. The van der Waals surface area contributed by atoms with Gasteiger partial charge in [-0.05, 0) is 61.0 Å². The molecule has 1 atom stereocenters. The van der Waals surface area contributed by atoms with Crippen molar-refractivity contribution in [2.45, 2.75) is 25.9 Å². The van der Waals surface area contributed by atoms with E-state index >= 15 is 0 Å². The highest BCUT2D eigenvalue weighted by molar-refractivity contribution is 6.30. The fraction of sp³-hybridized carbons (Fsp3) is 0.214. The van der Waals surface area contributed by atoms with Crippen LogP contribution in [0.2, 0.25) is 5.02 Å². The van der Waals surface area contributed by atoms with Gasteiger partial charge in [0.1, 0.15) is 0 Å². The van der Waals surface area contributed by atoms with E-state index in [0.29, 0.717) is 22.0 Å². The Bertz CT molecular complexity index is 1230. The number of benzene rings is 3. The number of carbonyl (C=O) groups excluding carboxylic acids is 2. The molecule has 6 nitrogen and oxygen atoms in total. The zero-order valence-corrected chi connectivity index (χ0v) is 20.5. The number of amides is 2. The van der Waals surface area contributed by atoms with Gasteiger partial charge in [0.25, 0.3) is 11.8 Å². The summed E-state index contributed by atoms with van der Waals surface area (Å²) < 4.78 is 5.80. The van der Waals surface area contributed by atoms with E-state index in [1.807, 2.05) is 25.2 Å². The van der Waals surface area contributed by atoms with Gasteiger partial charge in [-0.25, -0.2) is 0 Å². The minimum absolute atomic E-state index is 0.00741. The summed E-state index contributed by atoms with van der Waals surface area (Å²) in [6.07, 6.45) is 2.45. The monoisotopic (exact) mass is 489 g/mol. The lowest BCUT2D eigenvalue weighted by molar-refractivity contribution is -0.115. The summed E-state index contributed by atoms with van der Waals surface area (Å²) in [5.74, 6) is 0.0871. The molecular weight excluding hydrogens is 462 g/mol. The third kappa shape index (κ3) is 6.50. The Morgan fingerprint density at radius 1 is 1.11 bits per heavy atom. The summed E-state index contributed by atoms with van der Waals surface area (Å²) >= 11 is 5.92. The zero-order chi connectivity index (χ0) is 24.8. The van der Waals surface area contributed by atoms with Crippen LogP contribution in [0.4, 0.5) is 5.69 Å². The lowest BCUT2D eigenvalue weighted by atomic mass is 10.1. The molecule has 1 aliphatic heterocycles. The number of hydrogen-bond acceptors (Lipinski definition) is 4. The van der Waals surface area contributed by atoms with Crippen LogP contribution in [0.1, 0.15) is 34.8 Å². The summed E-state index contributed by atoms with van der Waals surface area (Å²) in [6, 6.07) is 22.4. The number of anilines is 1. The van der Waals surface area contributed by atoms with Crippen molar-refractivity contribution in [3.8, 4) is 5.75 Å². The van der Waals surface area contributed by atoms with Gasteiger partial charge >= 0.3 is 0 Å². The molecule has 2 amide bonds. The van der Waals surface area contributed by atoms with Crippen molar-refractivity contribution in [3.63, 3.8) is 0 Å². The number of rotatable bonds is 8. The first kappa shape index (κ1) is 24.5. The molecule has 7 heteroatoms. The molecule has 0 saturated carbocycles. The van der Waals surface area contributed by atoms with E-state index in [1.54, 1.807) is 48.5 Å². The van der Waals surface area contributed by atoms with Gasteiger partial charge in [0.05, 0.1) is 5.69 Å². The standard InChI is InChI=1S/C28H28ClN3O3/c1-3-23(18-32(2)17-20-7-5-4-6-8-20)30-27(33)21-11-14-25-24(16-21)31-28(34)26(35-25)15-19-9-12-22(29)13-10-19/h4-16,23H,3,17-18H2,1-2H3,(H,30,33)(H,31,34)/b26-15+/t23-/m1/s1. The van der Waals surface area contributed by atoms with Crippen molar-refractivity contribution in [2.75, 3.05) is 18.9 Å². The molecule has 35 heavy (non-hydrogen) atoms. The maximum Gasteiger partial charge on any atom is 0.291 e. The lowest BCUT2D eigenvalue weighted by Gasteiger charge is -2.25. The predicted molar refractivity (Wildman–Crippen MR) is 139 cm³/mol. The van der Waals surface area contributed by atoms with E-state index in [-0.39, 0.29) is 23.6 Å². The largest absolute Gasteiger partial charge is 0.449 e. The number of nitrogens with zero attached hydrogens (tertiary/aromatic N) is 1. The Kier molecular flexibility index (Phi) is 7.85. The maximum atomic E-state index is 12.9. The summed E-state index contributed by atoms with van der Waals surface area (Å²) in [5, 5.41) is 6.54. The Morgan fingerprint density at radius 2 is 1.86 bits per heavy atom. The predicted octanol–water partition coefficient (Wildman–Crippen LogP) is 5.35. The summed E-state index contributed by atoms with van der Waals surface area (Å²) in [5.41, 5.74) is 2.94. The fourth-order valence-corrected chi connectivity index (χ4v) is 4.02. The topological polar surface area (TPSA) is 70.7 Å². The van der Waals surface area contributed by atoms with Gasteiger partial charge in [0, 0.05) is 29.7 Å². The Morgan fingerprint density at radius 3 is 2.57 bits per heavy atom. The van der Waals surface area contributed by atoms with Crippen LogP contribution in [-0.4, -0.2) is 36.3 Å². The van der Waals surface area contributed by atoms with Crippen molar-refractivity contribution in [3.05, 3.63) is 100 Å². The van der Waals surface area contributed by atoms with Crippen LogP contribution in [0.3, 0.4) is 0 Å². The molecule has 1 aliphatic rings. The molecule has 0 aliphatic carbocycles. The van der Waals surface area contributed by atoms with E-state index in [1.165, 1.54) is 5.56 Å². The number of halogens is 1. The van der Waals surface area contributed by atoms with E-state index in [2.05, 4.69) is 34.6 Å². The second kappa shape index (κ2) is 11.2. The Balaban J connectivity index is 1.40. The van der Waals surface area contributed by atoms with Crippen molar-refractivity contribution in [1.82, 2.24) is 10.2 Å². The molecular formula is C28H28ClN3O3. The second-order valence-corrected chi connectivity index (χ2v) is 9.02. The third-order valence-corrected chi connectivity index (χ3v) is 6.01. The molecule has 1 heterocycles. The van der Waals surface area contributed by atoms with Crippen LogP contribution in [0.5, 0.6) is 5.75 Å². The van der Waals surface area contributed by atoms with Gasteiger partial charge < -0.3 is 20.3 Å². The molecule has 3 aromatic rings. The molecule has 0 fully saturated rings. The van der Waals surface area contributed by atoms with E-state index < -0.39 is 0 Å². The van der Waals surface area contributed by atoms with Crippen LogP contribution in [0.25, 0.3) is 6.08 Å². The van der Waals surface area contributed by atoms with Gasteiger partial charge in [0.2, 0.25) is 0 Å². The van der Waals surface area contributed by atoms with Gasteiger partial charge in [-0.15, -0.1) is 0 Å².